The summed E-state index contributed by atoms with van der Waals surface area (Å²) in [5.41, 5.74) is 18.2. The summed E-state index contributed by atoms with van der Waals surface area (Å²) in [6, 6.07) is 54.5. The van der Waals surface area contributed by atoms with Crippen LogP contribution in [0.4, 0.5) is 11.4 Å². The van der Waals surface area contributed by atoms with Crippen molar-refractivity contribution < 1.29 is 0 Å². The molecule has 0 atom stereocenters. The highest BCUT2D eigenvalue weighted by molar-refractivity contribution is 6.93. The summed E-state index contributed by atoms with van der Waals surface area (Å²) >= 11 is 0. The number of fused-ring (bicyclic) bond motifs is 7. The zero-order chi connectivity index (χ0) is 32.2. The van der Waals surface area contributed by atoms with E-state index in [0.717, 1.165) is 0 Å². The van der Waals surface area contributed by atoms with Gasteiger partial charge in [-0.05, 0) is 64.0 Å². The molecule has 0 N–H and O–H groups in total. The van der Waals surface area contributed by atoms with Gasteiger partial charge >= 0.3 is 6.85 Å². The maximum absolute atomic E-state index is 2.67. The van der Waals surface area contributed by atoms with Crippen molar-refractivity contribution in [2.24, 2.45) is 0 Å². The third-order valence-corrected chi connectivity index (χ3v) is 11.8. The zero-order valence-electron chi connectivity index (χ0n) is 27.3. The maximum atomic E-state index is 2.67. The summed E-state index contributed by atoms with van der Waals surface area (Å²) in [6.07, 6.45) is 0. The number of para-hydroxylation sites is 6. The van der Waals surface area contributed by atoms with Crippen LogP contribution in [0, 0.1) is 0 Å². The van der Waals surface area contributed by atoms with Crippen molar-refractivity contribution in [1.29, 1.82) is 0 Å². The third kappa shape index (κ3) is 2.95. The normalized spacial score (nSPS) is 14.8. The molecule has 9 aromatic rings. The highest BCUT2D eigenvalue weighted by atomic mass is 15.1. The minimum atomic E-state index is -0.160. The zero-order valence-corrected chi connectivity index (χ0v) is 27.3. The molecule has 228 valence electrons. The molecule has 2 aromatic heterocycles. The first-order valence-corrected chi connectivity index (χ1v) is 17.3. The van der Waals surface area contributed by atoms with Crippen LogP contribution in [0.15, 0.2) is 146 Å². The molecule has 0 aliphatic carbocycles. The Kier molecular flexibility index (Phi) is 4.63. The van der Waals surface area contributed by atoms with E-state index in [9.17, 15) is 0 Å². The van der Waals surface area contributed by atoms with E-state index in [1.807, 2.05) is 0 Å². The van der Waals surface area contributed by atoms with E-state index in [-0.39, 0.29) is 12.3 Å². The fraction of sp³-hybridized carbons (Fsp3) is 0.0667. The summed E-state index contributed by atoms with van der Waals surface area (Å²) < 4.78 is 5.21. The Morgan fingerprint density at radius 2 is 1.16 bits per heavy atom. The highest BCUT2D eigenvalue weighted by Gasteiger charge is 2.48. The van der Waals surface area contributed by atoms with Gasteiger partial charge < -0.3 is 13.9 Å². The van der Waals surface area contributed by atoms with Crippen LogP contribution in [-0.4, -0.2) is 16.0 Å². The fourth-order valence-corrected chi connectivity index (χ4v) is 9.88. The summed E-state index contributed by atoms with van der Waals surface area (Å²) in [5, 5.41) is 5.23. The minimum absolute atomic E-state index is 0.0195. The van der Waals surface area contributed by atoms with E-state index in [1.54, 1.807) is 0 Å². The number of hydrogen-bond acceptors (Lipinski definition) is 1. The van der Waals surface area contributed by atoms with Crippen LogP contribution in [-0.2, 0) is 5.41 Å². The Balaban J connectivity index is 1.37. The van der Waals surface area contributed by atoms with E-state index in [0.29, 0.717) is 0 Å². The van der Waals surface area contributed by atoms with E-state index < -0.39 is 0 Å². The summed E-state index contributed by atoms with van der Waals surface area (Å²) in [6.45, 7) is 4.85. The van der Waals surface area contributed by atoms with Crippen molar-refractivity contribution >= 4 is 72.8 Å². The molecule has 0 saturated carbocycles. The van der Waals surface area contributed by atoms with Gasteiger partial charge in [0.15, 0.2) is 0 Å². The molecule has 0 amide bonds. The van der Waals surface area contributed by atoms with Gasteiger partial charge in [0.05, 0.1) is 27.8 Å². The van der Waals surface area contributed by atoms with Crippen LogP contribution in [0.25, 0.3) is 66.1 Å². The Labute approximate surface area is 284 Å². The van der Waals surface area contributed by atoms with Gasteiger partial charge in [-0.2, -0.15) is 0 Å². The van der Waals surface area contributed by atoms with Crippen molar-refractivity contribution in [3.05, 3.63) is 157 Å². The predicted octanol–water partition coefficient (Wildman–Crippen LogP) is 9.76. The minimum Gasteiger partial charge on any atom is -0.376 e. The fourth-order valence-electron chi connectivity index (χ4n) is 9.88. The predicted molar refractivity (Wildman–Crippen MR) is 206 cm³/mol. The number of nitrogens with zero attached hydrogens (tertiary/aromatic N) is 3. The van der Waals surface area contributed by atoms with Crippen molar-refractivity contribution in [2.75, 3.05) is 4.81 Å². The molecule has 0 unspecified atom stereocenters. The van der Waals surface area contributed by atoms with Crippen molar-refractivity contribution in [3.8, 4) is 22.5 Å². The van der Waals surface area contributed by atoms with Crippen LogP contribution in [0.1, 0.15) is 25.0 Å². The van der Waals surface area contributed by atoms with E-state index in [4.69, 9.17) is 0 Å². The molecular formula is C45H30BN3. The second kappa shape index (κ2) is 8.72. The van der Waals surface area contributed by atoms with Crippen LogP contribution in [0.3, 0.4) is 0 Å². The number of benzene rings is 7. The van der Waals surface area contributed by atoms with Crippen LogP contribution >= 0.6 is 0 Å². The van der Waals surface area contributed by atoms with E-state index >= 15 is 0 Å². The molecule has 5 heterocycles. The topological polar surface area (TPSA) is 13.1 Å². The lowest BCUT2D eigenvalue weighted by atomic mass is 9.43. The Morgan fingerprint density at radius 3 is 1.96 bits per heavy atom. The first-order chi connectivity index (χ1) is 24.1. The van der Waals surface area contributed by atoms with Gasteiger partial charge in [0, 0.05) is 49.6 Å². The molecule has 49 heavy (non-hydrogen) atoms. The van der Waals surface area contributed by atoms with Crippen LogP contribution < -0.4 is 15.7 Å². The molecule has 0 fully saturated rings. The molecule has 0 bridgehead atoms. The van der Waals surface area contributed by atoms with Gasteiger partial charge in [-0.3, -0.25) is 0 Å². The van der Waals surface area contributed by atoms with Crippen LogP contribution in [0.2, 0.25) is 0 Å². The molecule has 3 aliphatic heterocycles. The highest BCUT2D eigenvalue weighted by Crippen LogP contribution is 2.52. The summed E-state index contributed by atoms with van der Waals surface area (Å²) in [7, 11) is 0. The molecule has 0 radical (unpaired) electrons. The number of aromatic nitrogens is 2. The van der Waals surface area contributed by atoms with Gasteiger partial charge in [-0.1, -0.05) is 123 Å². The molecule has 3 aliphatic rings. The summed E-state index contributed by atoms with van der Waals surface area (Å²) in [4.78, 5) is 2.61. The Morgan fingerprint density at radius 1 is 0.510 bits per heavy atom. The molecule has 0 saturated heterocycles. The van der Waals surface area contributed by atoms with Gasteiger partial charge in [-0.15, -0.1) is 0 Å². The SMILES string of the molecule is CC1(C)c2cccc3c2-n2c4c1cccc4c1c(-n4c5ccccc5c5ccccc54)cc4c(c12)B3N(c1ccccc1)c1ccccc1-4. The first kappa shape index (κ1) is 26.0. The average molecular weight is 624 g/mol. The number of hydrogen-bond donors (Lipinski definition) is 0. The third-order valence-electron chi connectivity index (χ3n) is 11.8. The molecular weight excluding hydrogens is 593 g/mol. The largest absolute Gasteiger partial charge is 0.376 e. The van der Waals surface area contributed by atoms with Crippen molar-refractivity contribution in [1.82, 2.24) is 9.13 Å². The van der Waals surface area contributed by atoms with Gasteiger partial charge in [0.1, 0.15) is 0 Å². The quantitative estimate of drug-likeness (QED) is 0.175. The maximum Gasteiger partial charge on any atom is 0.333 e. The Hall–Kier alpha value is -6.00. The number of rotatable bonds is 2. The van der Waals surface area contributed by atoms with E-state index in [2.05, 4.69) is 173 Å². The second-order valence-corrected chi connectivity index (χ2v) is 14.5. The molecule has 12 rings (SSSR count). The molecule has 0 spiro atoms. The first-order valence-electron chi connectivity index (χ1n) is 17.3. The monoisotopic (exact) mass is 623 g/mol. The smallest absolute Gasteiger partial charge is 0.333 e. The van der Waals surface area contributed by atoms with Crippen molar-refractivity contribution in [2.45, 2.75) is 19.3 Å². The Bertz CT molecular complexity index is 2870. The van der Waals surface area contributed by atoms with Crippen LogP contribution in [0.5, 0.6) is 0 Å². The second-order valence-electron chi connectivity index (χ2n) is 14.5. The van der Waals surface area contributed by atoms with Crippen molar-refractivity contribution in [3.63, 3.8) is 0 Å². The van der Waals surface area contributed by atoms with Gasteiger partial charge in [-0.25, -0.2) is 0 Å². The lowest BCUT2D eigenvalue weighted by Crippen LogP contribution is -2.61. The van der Waals surface area contributed by atoms with E-state index in [1.165, 1.54) is 99.5 Å². The molecule has 4 heteroatoms. The lowest BCUT2D eigenvalue weighted by Gasteiger charge is -2.44. The number of anilines is 2. The van der Waals surface area contributed by atoms with Gasteiger partial charge in [0.25, 0.3) is 0 Å². The molecule has 3 nitrogen and oxygen atoms in total. The molecule has 7 aromatic carbocycles. The average Bonchev–Trinajstić information content (AvgIpc) is 3.68. The standard InChI is InChI=1S/C45H30BN3/c1-45(2)33-20-12-19-31-40-39(47-36-23-9-6-16-28(36)29-17-7-10-24-37(29)47)26-32-30-18-8-11-25-38(30)49(27-14-4-3-5-15-27)46-35-22-13-21-34(45)43(35)48(42(31)33)44(40)41(32)46/h3-26H,1-2H3. The van der Waals surface area contributed by atoms with Gasteiger partial charge in [0.2, 0.25) is 0 Å². The summed E-state index contributed by atoms with van der Waals surface area (Å²) in [5.74, 6) is 0. The lowest BCUT2D eigenvalue weighted by molar-refractivity contribution is 0.631.